The van der Waals surface area contributed by atoms with Crippen molar-refractivity contribution in [1.82, 2.24) is 0 Å². The summed E-state index contributed by atoms with van der Waals surface area (Å²) < 4.78 is 24.9. The highest BCUT2D eigenvalue weighted by molar-refractivity contribution is 6.33. The van der Waals surface area contributed by atoms with Crippen LogP contribution in [0.25, 0.3) is 27.7 Å². The Hall–Kier alpha value is -3.57. The lowest BCUT2D eigenvalue weighted by Crippen LogP contribution is -2.09. The van der Waals surface area contributed by atoms with Gasteiger partial charge in [0.05, 0.1) is 23.6 Å². The number of carbonyl (C=O) groups excluding carboxylic acids is 1. The number of hydrogen-bond acceptors (Lipinski definition) is 3. The van der Waals surface area contributed by atoms with Crippen LogP contribution in [-0.4, -0.2) is 12.5 Å². The zero-order valence-corrected chi connectivity index (χ0v) is 18.4. The molecular formula is C26H21ClFNO3. The van der Waals surface area contributed by atoms with E-state index in [1.54, 1.807) is 42.7 Å². The molecule has 0 bridgehead atoms. The molecule has 1 heterocycles. The average molecular weight is 450 g/mol. The zero-order chi connectivity index (χ0) is 22.7. The Bertz CT molecular complexity index is 1310. The van der Waals surface area contributed by atoms with Gasteiger partial charge in [0, 0.05) is 28.7 Å². The van der Waals surface area contributed by atoms with Gasteiger partial charge in [0.2, 0.25) is 5.91 Å². The standard InChI is InChI=1S/C26H21ClFNO3/c1-3-31-24-14-25-20(21(15-32-25)17-8-10-18(28)11-9-17)13-19(24)16(2)12-26(30)29-23-7-5-4-6-22(23)27/h4-15H,3H2,1-2H3,(H,29,30)/b16-12+. The Morgan fingerprint density at radius 3 is 2.62 bits per heavy atom. The maximum atomic E-state index is 13.4. The van der Waals surface area contributed by atoms with E-state index in [1.165, 1.54) is 18.2 Å². The highest BCUT2D eigenvalue weighted by Crippen LogP contribution is 2.37. The van der Waals surface area contributed by atoms with Gasteiger partial charge >= 0.3 is 0 Å². The molecular weight excluding hydrogens is 429 g/mol. The third kappa shape index (κ3) is 4.53. The fourth-order valence-corrected chi connectivity index (χ4v) is 3.68. The molecule has 0 radical (unpaired) electrons. The van der Waals surface area contributed by atoms with E-state index in [0.29, 0.717) is 34.2 Å². The molecule has 32 heavy (non-hydrogen) atoms. The molecule has 0 aliphatic heterocycles. The Labute approximate surface area is 190 Å². The van der Waals surface area contributed by atoms with Crippen LogP contribution in [0.1, 0.15) is 19.4 Å². The number of halogens is 2. The second kappa shape index (κ2) is 9.28. The maximum absolute atomic E-state index is 13.4. The van der Waals surface area contributed by atoms with Crippen LogP contribution in [0, 0.1) is 5.82 Å². The van der Waals surface area contributed by atoms with E-state index in [2.05, 4.69) is 5.32 Å². The zero-order valence-electron chi connectivity index (χ0n) is 17.6. The largest absolute Gasteiger partial charge is 0.493 e. The Kier molecular flexibility index (Phi) is 6.28. The number of furan rings is 1. The lowest BCUT2D eigenvalue weighted by atomic mass is 9.99. The summed E-state index contributed by atoms with van der Waals surface area (Å²) in [5, 5.41) is 4.10. The van der Waals surface area contributed by atoms with E-state index in [-0.39, 0.29) is 11.7 Å². The first kappa shape index (κ1) is 21.7. The second-order valence-corrected chi connectivity index (χ2v) is 7.64. The van der Waals surface area contributed by atoms with Gasteiger partial charge in [-0.2, -0.15) is 0 Å². The quantitative estimate of drug-likeness (QED) is 0.313. The highest BCUT2D eigenvalue weighted by atomic mass is 35.5. The van der Waals surface area contributed by atoms with Crippen molar-refractivity contribution in [1.29, 1.82) is 0 Å². The Morgan fingerprint density at radius 2 is 1.91 bits per heavy atom. The van der Waals surface area contributed by atoms with Crippen LogP contribution in [0.5, 0.6) is 5.75 Å². The number of carbonyl (C=O) groups is 1. The van der Waals surface area contributed by atoms with E-state index in [9.17, 15) is 9.18 Å². The van der Waals surface area contributed by atoms with Crippen LogP contribution in [0.3, 0.4) is 0 Å². The van der Waals surface area contributed by atoms with Gasteiger partial charge in [-0.15, -0.1) is 0 Å². The van der Waals surface area contributed by atoms with Gasteiger partial charge in [-0.1, -0.05) is 35.9 Å². The minimum atomic E-state index is -0.302. The molecule has 3 aromatic carbocycles. The summed E-state index contributed by atoms with van der Waals surface area (Å²) in [6.07, 6.45) is 3.14. The molecule has 0 aliphatic carbocycles. The Balaban J connectivity index is 1.73. The minimum absolute atomic E-state index is 0.302. The molecule has 0 atom stereocenters. The average Bonchev–Trinajstić information content (AvgIpc) is 3.18. The summed E-state index contributed by atoms with van der Waals surface area (Å²) in [5.41, 5.74) is 4.32. The molecule has 4 rings (SSSR count). The number of ether oxygens (including phenoxy) is 1. The summed E-state index contributed by atoms with van der Waals surface area (Å²) in [4.78, 5) is 12.6. The maximum Gasteiger partial charge on any atom is 0.248 e. The van der Waals surface area contributed by atoms with Crippen molar-refractivity contribution in [3.8, 4) is 16.9 Å². The van der Waals surface area contributed by atoms with Crippen LogP contribution in [0.2, 0.25) is 5.02 Å². The first-order valence-electron chi connectivity index (χ1n) is 10.1. The van der Waals surface area contributed by atoms with Crippen molar-refractivity contribution in [3.63, 3.8) is 0 Å². The number of anilines is 1. The molecule has 0 aliphatic rings. The van der Waals surface area contributed by atoms with E-state index in [1.807, 2.05) is 26.0 Å². The summed E-state index contributed by atoms with van der Waals surface area (Å²) in [7, 11) is 0. The van der Waals surface area contributed by atoms with Crippen molar-refractivity contribution in [2.45, 2.75) is 13.8 Å². The van der Waals surface area contributed by atoms with Crippen LogP contribution < -0.4 is 10.1 Å². The number of benzene rings is 3. The third-order valence-electron chi connectivity index (χ3n) is 5.03. The van der Waals surface area contributed by atoms with Gasteiger partial charge in [-0.3, -0.25) is 4.79 Å². The molecule has 6 heteroatoms. The summed E-state index contributed by atoms with van der Waals surface area (Å²) in [5.74, 6) is 0.00702. The molecule has 4 aromatic rings. The normalized spacial score (nSPS) is 11.6. The summed E-state index contributed by atoms with van der Waals surface area (Å²) >= 11 is 6.14. The van der Waals surface area contributed by atoms with Crippen molar-refractivity contribution in [2.24, 2.45) is 0 Å². The van der Waals surface area contributed by atoms with Crippen molar-refractivity contribution < 1.29 is 18.3 Å². The number of para-hydroxylation sites is 1. The summed E-state index contributed by atoms with van der Waals surface area (Å²) in [6, 6.07) is 17.0. The number of hydrogen-bond donors (Lipinski definition) is 1. The van der Waals surface area contributed by atoms with Crippen LogP contribution in [-0.2, 0) is 4.79 Å². The first-order valence-corrected chi connectivity index (χ1v) is 10.5. The number of amides is 1. The van der Waals surface area contributed by atoms with E-state index in [4.69, 9.17) is 20.8 Å². The number of nitrogens with one attached hydrogen (secondary N) is 1. The topological polar surface area (TPSA) is 51.5 Å². The SMILES string of the molecule is CCOc1cc2occ(-c3ccc(F)cc3)c2cc1/C(C)=C/C(=O)Nc1ccccc1Cl. The van der Waals surface area contributed by atoms with E-state index >= 15 is 0 Å². The second-order valence-electron chi connectivity index (χ2n) is 7.23. The molecule has 0 saturated heterocycles. The molecule has 0 unspecified atom stereocenters. The van der Waals surface area contributed by atoms with Gasteiger partial charge in [-0.25, -0.2) is 4.39 Å². The van der Waals surface area contributed by atoms with Crippen LogP contribution in [0.4, 0.5) is 10.1 Å². The van der Waals surface area contributed by atoms with E-state index < -0.39 is 0 Å². The molecule has 0 fully saturated rings. The minimum Gasteiger partial charge on any atom is -0.493 e. The lowest BCUT2D eigenvalue weighted by Gasteiger charge is -2.12. The van der Waals surface area contributed by atoms with Gasteiger partial charge in [-0.05, 0) is 55.3 Å². The van der Waals surface area contributed by atoms with Gasteiger partial charge < -0.3 is 14.5 Å². The van der Waals surface area contributed by atoms with Crippen LogP contribution in [0.15, 0.2) is 77.4 Å². The van der Waals surface area contributed by atoms with Gasteiger partial charge in [0.15, 0.2) is 0 Å². The molecule has 1 N–H and O–H groups in total. The highest BCUT2D eigenvalue weighted by Gasteiger charge is 2.15. The molecule has 1 amide bonds. The van der Waals surface area contributed by atoms with Gasteiger partial charge in [0.25, 0.3) is 0 Å². The van der Waals surface area contributed by atoms with E-state index in [0.717, 1.165) is 22.1 Å². The van der Waals surface area contributed by atoms with Crippen molar-refractivity contribution in [3.05, 3.63) is 89.4 Å². The lowest BCUT2D eigenvalue weighted by molar-refractivity contribution is -0.111. The Morgan fingerprint density at radius 1 is 1.16 bits per heavy atom. The third-order valence-corrected chi connectivity index (χ3v) is 5.36. The molecule has 0 spiro atoms. The van der Waals surface area contributed by atoms with Gasteiger partial charge in [0.1, 0.15) is 17.1 Å². The monoisotopic (exact) mass is 449 g/mol. The van der Waals surface area contributed by atoms with Crippen LogP contribution >= 0.6 is 11.6 Å². The first-order chi connectivity index (χ1) is 15.5. The molecule has 162 valence electrons. The fraction of sp³-hybridized carbons (Fsp3) is 0.115. The predicted molar refractivity (Wildman–Crippen MR) is 127 cm³/mol. The van der Waals surface area contributed by atoms with Crippen molar-refractivity contribution >= 4 is 39.7 Å². The number of fused-ring (bicyclic) bond motifs is 1. The molecule has 1 aromatic heterocycles. The summed E-state index contributed by atoms with van der Waals surface area (Å²) in [6.45, 7) is 4.19. The predicted octanol–water partition coefficient (Wildman–Crippen LogP) is 7.33. The fourth-order valence-electron chi connectivity index (χ4n) is 3.50. The van der Waals surface area contributed by atoms with Crippen molar-refractivity contribution in [2.75, 3.05) is 11.9 Å². The molecule has 4 nitrogen and oxygen atoms in total. The number of allylic oxidation sites excluding steroid dienone is 1. The molecule has 0 saturated carbocycles. The smallest absolute Gasteiger partial charge is 0.248 e. The number of rotatable bonds is 6.